The summed E-state index contributed by atoms with van der Waals surface area (Å²) in [6.07, 6.45) is -0.194. The topological polar surface area (TPSA) is 73.9 Å². The van der Waals surface area contributed by atoms with E-state index in [0.29, 0.717) is 23.1 Å². The second kappa shape index (κ2) is 8.98. The van der Waals surface area contributed by atoms with Crippen LogP contribution in [0.25, 0.3) is 0 Å². The van der Waals surface area contributed by atoms with Crippen molar-refractivity contribution in [3.63, 3.8) is 0 Å². The predicted molar refractivity (Wildman–Crippen MR) is 92.7 cm³/mol. The molecule has 0 aliphatic carbocycles. The summed E-state index contributed by atoms with van der Waals surface area (Å²) in [6, 6.07) is 6.63. The first kappa shape index (κ1) is 20.2. The summed E-state index contributed by atoms with van der Waals surface area (Å²) in [7, 11) is 4.14. The Morgan fingerprint density at radius 3 is 2.30 bits per heavy atom. The summed E-state index contributed by atoms with van der Waals surface area (Å²) in [6.45, 7) is 0. The standard InChI is InChI=1S/C19H19F2NO5/c1-25-16-7-4-11(8-17(16)26-2)15(10-18(23)27-3)22-19(24)13-6-5-12(20)9-14(13)21/h4-9,15H,10H2,1-3H3,(H,22,24)/t15-/m0/s1. The molecule has 27 heavy (non-hydrogen) atoms. The molecule has 0 bridgehead atoms. The number of hydrogen-bond acceptors (Lipinski definition) is 5. The van der Waals surface area contributed by atoms with E-state index in [1.165, 1.54) is 21.3 Å². The Morgan fingerprint density at radius 1 is 1.00 bits per heavy atom. The van der Waals surface area contributed by atoms with E-state index in [2.05, 4.69) is 10.1 Å². The molecule has 0 heterocycles. The maximum Gasteiger partial charge on any atom is 0.307 e. The first-order chi connectivity index (χ1) is 12.9. The van der Waals surface area contributed by atoms with Gasteiger partial charge in [0.15, 0.2) is 11.5 Å². The Labute approximate surface area is 155 Å². The molecule has 0 saturated heterocycles. The molecule has 1 amide bonds. The van der Waals surface area contributed by atoms with E-state index in [9.17, 15) is 18.4 Å². The molecule has 0 saturated carbocycles. The Kier molecular flexibility index (Phi) is 6.70. The quantitative estimate of drug-likeness (QED) is 0.749. The van der Waals surface area contributed by atoms with Crippen molar-refractivity contribution in [2.24, 2.45) is 0 Å². The molecule has 2 rings (SSSR count). The number of ether oxygens (including phenoxy) is 3. The van der Waals surface area contributed by atoms with E-state index in [1.807, 2.05) is 0 Å². The number of benzene rings is 2. The lowest BCUT2D eigenvalue weighted by atomic mass is 10.0. The second-order valence-electron chi connectivity index (χ2n) is 5.54. The highest BCUT2D eigenvalue weighted by Gasteiger charge is 2.23. The number of esters is 1. The zero-order valence-corrected chi connectivity index (χ0v) is 15.0. The molecule has 0 unspecified atom stereocenters. The number of nitrogens with one attached hydrogen (secondary N) is 1. The van der Waals surface area contributed by atoms with Gasteiger partial charge in [0.25, 0.3) is 5.91 Å². The van der Waals surface area contributed by atoms with Gasteiger partial charge in [-0.3, -0.25) is 9.59 Å². The van der Waals surface area contributed by atoms with E-state index in [0.717, 1.165) is 12.1 Å². The van der Waals surface area contributed by atoms with Gasteiger partial charge in [0.05, 0.1) is 39.4 Å². The van der Waals surface area contributed by atoms with Gasteiger partial charge in [0, 0.05) is 6.07 Å². The summed E-state index contributed by atoms with van der Waals surface area (Å²) in [5.41, 5.74) is 0.181. The van der Waals surface area contributed by atoms with Crippen molar-refractivity contribution in [3.05, 3.63) is 59.2 Å². The number of carbonyl (C=O) groups excluding carboxylic acids is 2. The van der Waals surface area contributed by atoms with Gasteiger partial charge in [-0.25, -0.2) is 8.78 Å². The van der Waals surface area contributed by atoms with E-state index in [-0.39, 0.29) is 12.0 Å². The number of hydrogen-bond donors (Lipinski definition) is 1. The number of rotatable bonds is 7. The zero-order chi connectivity index (χ0) is 20.0. The lowest BCUT2D eigenvalue weighted by Crippen LogP contribution is -2.31. The lowest BCUT2D eigenvalue weighted by Gasteiger charge is -2.20. The van der Waals surface area contributed by atoms with Crippen LogP contribution in [0.2, 0.25) is 0 Å². The third kappa shape index (κ3) is 4.93. The van der Waals surface area contributed by atoms with Gasteiger partial charge in [0.2, 0.25) is 0 Å². The summed E-state index contributed by atoms with van der Waals surface area (Å²) >= 11 is 0. The molecule has 2 aromatic rings. The Bertz CT molecular complexity index is 841. The molecule has 0 aromatic heterocycles. The SMILES string of the molecule is COC(=O)C[C@H](NC(=O)c1ccc(F)cc1F)c1ccc(OC)c(OC)c1. The molecular formula is C19H19F2NO5. The largest absolute Gasteiger partial charge is 0.493 e. The molecule has 0 radical (unpaired) electrons. The minimum atomic E-state index is -1.00. The maximum absolute atomic E-state index is 13.9. The van der Waals surface area contributed by atoms with E-state index < -0.39 is 29.6 Å². The van der Waals surface area contributed by atoms with Crippen molar-refractivity contribution in [2.75, 3.05) is 21.3 Å². The van der Waals surface area contributed by atoms with Crippen molar-refractivity contribution >= 4 is 11.9 Å². The molecule has 0 fully saturated rings. The van der Waals surface area contributed by atoms with Crippen LogP contribution in [0.4, 0.5) is 8.78 Å². The van der Waals surface area contributed by atoms with Crippen LogP contribution < -0.4 is 14.8 Å². The fraction of sp³-hybridized carbons (Fsp3) is 0.263. The minimum absolute atomic E-state index is 0.194. The summed E-state index contributed by atoms with van der Waals surface area (Å²) in [5, 5.41) is 2.57. The molecule has 0 aliphatic heterocycles. The van der Waals surface area contributed by atoms with Crippen LogP contribution in [0, 0.1) is 11.6 Å². The fourth-order valence-electron chi connectivity index (χ4n) is 2.48. The van der Waals surface area contributed by atoms with Gasteiger partial charge in [-0.1, -0.05) is 6.07 Å². The monoisotopic (exact) mass is 379 g/mol. The lowest BCUT2D eigenvalue weighted by molar-refractivity contribution is -0.141. The van der Waals surface area contributed by atoms with Crippen molar-refractivity contribution in [1.29, 1.82) is 0 Å². The van der Waals surface area contributed by atoms with Crippen molar-refractivity contribution in [2.45, 2.75) is 12.5 Å². The zero-order valence-electron chi connectivity index (χ0n) is 15.0. The van der Waals surface area contributed by atoms with Crippen LogP contribution in [-0.4, -0.2) is 33.2 Å². The molecule has 1 atom stereocenters. The number of amides is 1. The third-order valence-corrected chi connectivity index (χ3v) is 3.89. The van der Waals surface area contributed by atoms with Crippen LogP contribution in [0.1, 0.15) is 28.4 Å². The Hall–Kier alpha value is -3.16. The minimum Gasteiger partial charge on any atom is -0.493 e. The highest BCUT2D eigenvalue weighted by atomic mass is 19.1. The van der Waals surface area contributed by atoms with Gasteiger partial charge in [0.1, 0.15) is 11.6 Å². The van der Waals surface area contributed by atoms with Crippen molar-refractivity contribution in [3.8, 4) is 11.5 Å². The van der Waals surface area contributed by atoms with Crippen molar-refractivity contribution in [1.82, 2.24) is 5.32 Å². The van der Waals surface area contributed by atoms with Crippen LogP contribution in [0.5, 0.6) is 11.5 Å². The first-order valence-electron chi connectivity index (χ1n) is 7.94. The average molecular weight is 379 g/mol. The Balaban J connectivity index is 2.34. The number of halogens is 2. The van der Waals surface area contributed by atoms with E-state index >= 15 is 0 Å². The Morgan fingerprint density at radius 2 is 1.70 bits per heavy atom. The number of carbonyl (C=O) groups is 2. The molecule has 144 valence electrons. The highest BCUT2D eigenvalue weighted by Crippen LogP contribution is 2.31. The van der Waals surface area contributed by atoms with Crippen molar-refractivity contribution < 1.29 is 32.6 Å². The second-order valence-corrected chi connectivity index (χ2v) is 5.54. The average Bonchev–Trinajstić information content (AvgIpc) is 2.66. The molecule has 0 aliphatic rings. The van der Waals surface area contributed by atoms with Gasteiger partial charge in [-0.15, -0.1) is 0 Å². The molecule has 8 heteroatoms. The van der Waals surface area contributed by atoms with E-state index in [1.54, 1.807) is 18.2 Å². The molecule has 6 nitrogen and oxygen atoms in total. The molecular weight excluding hydrogens is 360 g/mol. The summed E-state index contributed by atoms with van der Waals surface area (Å²) in [5.74, 6) is -2.31. The van der Waals surface area contributed by atoms with Crippen LogP contribution >= 0.6 is 0 Å². The summed E-state index contributed by atoms with van der Waals surface area (Å²) in [4.78, 5) is 24.2. The molecule has 0 spiro atoms. The van der Waals surface area contributed by atoms with E-state index in [4.69, 9.17) is 9.47 Å². The normalized spacial score (nSPS) is 11.4. The molecule has 1 N–H and O–H groups in total. The first-order valence-corrected chi connectivity index (χ1v) is 7.94. The van der Waals surface area contributed by atoms with Crippen LogP contribution in [0.15, 0.2) is 36.4 Å². The predicted octanol–water partition coefficient (Wildman–Crippen LogP) is 3.02. The van der Waals surface area contributed by atoms with Crippen LogP contribution in [-0.2, 0) is 9.53 Å². The molecule has 2 aromatic carbocycles. The third-order valence-electron chi connectivity index (χ3n) is 3.89. The van der Waals surface area contributed by atoms with Gasteiger partial charge >= 0.3 is 5.97 Å². The summed E-state index contributed by atoms with van der Waals surface area (Å²) < 4.78 is 42.0. The van der Waals surface area contributed by atoms with Crippen LogP contribution in [0.3, 0.4) is 0 Å². The fourth-order valence-corrected chi connectivity index (χ4v) is 2.48. The van der Waals surface area contributed by atoms with Gasteiger partial charge < -0.3 is 19.5 Å². The van der Waals surface area contributed by atoms with Gasteiger partial charge in [-0.05, 0) is 29.8 Å². The smallest absolute Gasteiger partial charge is 0.307 e. The van der Waals surface area contributed by atoms with Gasteiger partial charge in [-0.2, -0.15) is 0 Å². The maximum atomic E-state index is 13.9. The number of methoxy groups -OCH3 is 3. The highest BCUT2D eigenvalue weighted by molar-refractivity contribution is 5.95.